The average molecular weight is 253 g/mol. The molecule has 1 aliphatic heterocycles. The van der Waals surface area contributed by atoms with Gasteiger partial charge in [-0.3, -0.25) is 19.3 Å². The number of rotatable bonds is 2. The fraction of sp³-hybridized carbons (Fsp3) is 0.182. The Hall–Kier alpha value is -1.88. The molecule has 1 N–H and O–H groups in total. The van der Waals surface area contributed by atoms with E-state index in [1.807, 2.05) is 0 Å². The molecule has 1 aromatic carbocycles. The van der Waals surface area contributed by atoms with Crippen LogP contribution in [0, 0.1) is 0 Å². The Balaban J connectivity index is 2.41. The zero-order valence-electron chi connectivity index (χ0n) is 8.99. The Kier molecular flexibility index (Phi) is 2.85. The van der Waals surface area contributed by atoms with Crippen molar-refractivity contribution in [3.8, 4) is 0 Å². The largest absolute Gasteiger partial charge is 0.358 e. The van der Waals surface area contributed by atoms with Gasteiger partial charge in [0.25, 0.3) is 11.7 Å². The van der Waals surface area contributed by atoms with E-state index >= 15 is 0 Å². The van der Waals surface area contributed by atoms with Crippen molar-refractivity contribution in [3.63, 3.8) is 0 Å². The lowest BCUT2D eigenvalue weighted by Gasteiger charge is -2.14. The highest BCUT2D eigenvalue weighted by Gasteiger charge is 2.36. The van der Waals surface area contributed by atoms with Crippen LogP contribution in [-0.2, 0) is 9.59 Å². The highest BCUT2D eigenvalue weighted by atomic mass is 35.5. The summed E-state index contributed by atoms with van der Waals surface area (Å²) in [6.45, 7) is -0.171. The number of hydrogen-bond donors (Lipinski definition) is 1. The molecule has 0 unspecified atom stereocenters. The molecule has 88 valence electrons. The molecule has 1 aromatic rings. The second-order valence-electron chi connectivity index (χ2n) is 3.56. The van der Waals surface area contributed by atoms with Crippen LogP contribution < -0.4 is 10.2 Å². The molecule has 0 radical (unpaired) electrons. The quantitative estimate of drug-likeness (QED) is 0.785. The zero-order chi connectivity index (χ0) is 12.6. The SMILES string of the molecule is CNC(=O)CN1C(=O)C(=O)c2cc(Cl)ccc21. The summed E-state index contributed by atoms with van der Waals surface area (Å²) in [4.78, 5) is 35.7. The first-order valence-electron chi connectivity index (χ1n) is 4.91. The molecule has 0 spiro atoms. The minimum atomic E-state index is -0.703. The van der Waals surface area contributed by atoms with Crippen LogP contribution in [0.25, 0.3) is 0 Å². The topological polar surface area (TPSA) is 66.5 Å². The number of nitrogens with zero attached hydrogens (tertiary/aromatic N) is 1. The average Bonchev–Trinajstić information content (AvgIpc) is 2.54. The summed E-state index contributed by atoms with van der Waals surface area (Å²) >= 11 is 5.76. The van der Waals surface area contributed by atoms with Gasteiger partial charge in [0, 0.05) is 12.1 Å². The van der Waals surface area contributed by atoms with Gasteiger partial charge in [-0.1, -0.05) is 11.6 Å². The van der Waals surface area contributed by atoms with Gasteiger partial charge in [-0.15, -0.1) is 0 Å². The van der Waals surface area contributed by atoms with Crippen molar-refractivity contribution in [1.82, 2.24) is 5.32 Å². The van der Waals surface area contributed by atoms with Gasteiger partial charge in [-0.25, -0.2) is 0 Å². The molecule has 0 aliphatic carbocycles. The lowest BCUT2D eigenvalue weighted by atomic mass is 10.1. The molecular weight excluding hydrogens is 244 g/mol. The van der Waals surface area contributed by atoms with E-state index < -0.39 is 11.7 Å². The number of carbonyl (C=O) groups is 3. The second kappa shape index (κ2) is 4.18. The predicted molar refractivity (Wildman–Crippen MR) is 62.2 cm³/mol. The Morgan fingerprint density at radius 1 is 1.41 bits per heavy atom. The monoisotopic (exact) mass is 252 g/mol. The number of Topliss-reactive ketones (excluding diaryl/α,β-unsaturated/α-hetero) is 1. The van der Waals surface area contributed by atoms with Crippen molar-refractivity contribution < 1.29 is 14.4 Å². The summed E-state index contributed by atoms with van der Waals surface area (Å²) in [5, 5.41) is 2.78. The number of anilines is 1. The van der Waals surface area contributed by atoms with Crippen LogP contribution in [0.1, 0.15) is 10.4 Å². The van der Waals surface area contributed by atoms with E-state index in [2.05, 4.69) is 5.32 Å². The number of carbonyl (C=O) groups excluding carboxylic acids is 3. The van der Waals surface area contributed by atoms with E-state index in [4.69, 9.17) is 11.6 Å². The van der Waals surface area contributed by atoms with Crippen LogP contribution >= 0.6 is 11.6 Å². The zero-order valence-corrected chi connectivity index (χ0v) is 9.75. The third kappa shape index (κ3) is 1.89. The maximum absolute atomic E-state index is 11.7. The minimum Gasteiger partial charge on any atom is -0.358 e. The van der Waals surface area contributed by atoms with Crippen LogP contribution in [0.4, 0.5) is 5.69 Å². The number of benzene rings is 1. The van der Waals surface area contributed by atoms with Gasteiger partial charge in [-0.05, 0) is 18.2 Å². The van der Waals surface area contributed by atoms with E-state index in [0.29, 0.717) is 10.7 Å². The van der Waals surface area contributed by atoms with E-state index in [9.17, 15) is 14.4 Å². The number of ketones is 1. The van der Waals surface area contributed by atoms with Gasteiger partial charge < -0.3 is 5.32 Å². The highest BCUT2D eigenvalue weighted by molar-refractivity contribution is 6.53. The molecule has 0 aromatic heterocycles. The van der Waals surface area contributed by atoms with Crippen LogP contribution in [-0.4, -0.2) is 31.2 Å². The number of likely N-dealkylation sites (N-methyl/N-ethyl adjacent to an activating group) is 1. The summed E-state index contributed by atoms with van der Waals surface area (Å²) in [5.74, 6) is -1.67. The molecule has 1 aliphatic rings. The van der Waals surface area contributed by atoms with Crippen LogP contribution in [0.5, 0.6) is 0 Å². The van der Waals surface area contributed by atoms with Crippen molar-refractivity contribution in [2.24, 2.45) is 0 Å². The molecule has 0 saturated heterocycles. The predicted octanol–water partition coefficient (Wildman–Crippen LogP) is 0.615. The van der Waals surface area contributed by atoms with Gasteiger partial charge >= 0.3 is 0 Å². The smallest absolute Gasteiger partial charge is 0.299 e. The summed E-state index contributed by atoms with van der Waals surface area (Å²) in [5.41, 5.74) is 0.666. The summed E-state index contributed by atoms with van der Waals surface area (Å²) in [6.07, 6.45) is 0. The number of nitrogens with one attached hydrogen (secondary N) is 1. The fourth-order valence-electron chi connectivity index (χ4n) is 1.65. The number of halogens is 1. The van der Waals surface area contributed by atoms with E-state index in [1.165, 1.54) is 13.1 Å². The van der Waals surface area contributed by atoms with Crippen LogP contribution in [0.15, 0.2) is 18.2 Å². The van der Waals surface area contributed by atoms with E-state index in [1.54, 1.807) is 12.1 Å². The lowest BCUT2D eigenvalue weighted by Crippen LogP contribution is -2.38. The number of hydrogen-bond acceptors (Lipinski definition) is 3. The van der Waals surface area contributed by atoms with Gasteiger partial charge in [0.2, 0.25) is 5.91 Å². The van der Waals surface area contributed by atoms with Crippen molar-refractivity contribution in [2.45, 2.75) is 0 Å². The molecule has 2 amide bonds. The van der Waals surface area contributed by atoms with Crippen LogP contribution in [0.3, 0.4) is 0 Å². The van der Waals surface area contributed by atoms with E-state index in [-0.39, 0.29) is 18.0 Å². The van der Waals surface area contributed by atoms with Gasteiger partial charge in [0.1, 0.15) is 6.54 Å². The Labute approximate surface area is 102 Å². The van der Waals surface area contributed by atoms with E-state index in [0.717, 1.165) is 4.90 Å². The molecule has 1 heterocycles. The third-order valence-electron chi connectivity index (χ3n) is 2.51. The van der Waals surface area contributed by atoms with Crippen molar-refractivity contribution in [3.05, 3.63) is 28.8 Å². The number of amides is 2. The van der Waals surface area contributed by atoms with Gasteiger partial charge in [0.05, 0.1) is 11.3 Å². The maximum atomic E-state index is 11.7. The fourth-order valence-corrected chi connectivity index (χ4v) is 1.82. The molecule has 0 atom stereocenters. The third-order valence-corrected chi connectivity index (χ3v) is 2.75. The molecule has 17 heavy (non-hydrogen) atoms. The van der Waals surface area contributed by atoms with Crippen molar-refractivity contribution in [2.75, 3.05) is 18.5 Å². The first-order valence-corrected chi connectivity index (χ1v) is 5.28. The maximum Gasteiger partial charge on any atom is 0.299 e. The molecular formula is C11H9ClN2O3. The second-order valence-corrected chi connectivity index (χ2v) is 3.99. The van der Waals surface area contributed by atoms with Crippen molar-refractivity contribution in [1.29, 1.82) is 0 Å². The summed E-state index contributed by atoms with van der Waals surface area (Å²) in [7, 11) is 1.47. The lowest BCUT2D eigenvalue weighted by molar-refractivity contribution is -0.121. The van der Waals surface area contributed by atoms with Gasteiger partial charge in [-0.2, -0.15) is 0 Å². The molecule has 6 heteroatoms. The van der Waals surface area contributed by atoms with Crippen molar-refractivity contribution >= 4 is 34.9 Å². The van der Waals surface area contributed by atoms with Gasteiger partial charge in [0.15, 0.2) is 0 Å². The summed E-state index contributed by atoms with van der Waals surface area (Å²) in [6, 6.07) is 4.56. The highest BCUT2D eigenvalue weighted by Crippen LogP contribution is 2.30. The Morgan fingerprint density at radius 3 is 2.76 bits per heavy atom. The normalized spacial score (nSPS) is 13.9. The number of fused-ring (bicyclic) bond motifs is 1. The first-order chi connectivity index (χ1) is 8.04. The standard InChI is InChI=1S/C11H9ClN2O3/c1-13-9(15)5-14-8-3-2-6(12)4-7(8)10(16)11(14)17/h2-4H,5H2,1H3,(H,13,15). The molecule has 0 bridgehead atoms. The molecule has 2 rings (SSSR count). The Bertz CT molecular complexity index is 527. The van der Waals surface area contributed by atoms with Crippen LogP contribution in [0.2, 0.25) is 5.02 Å². The molecule has 0 saturated carbocycles. The minimum absolute atomic E-state index is 0.171. The molecule has 5 nitrogen and oxygen atoms in total. The summed E-state index contributed by atoms with van der Waals surface area (Å²) < 4.78 is 0. The molecule has 0 fully saturated rings. The Morgan fingerprint density at radius 2 is 2.12 bits per heavy atom. The first kappa shape index (κ1) is 11.6.